The van der Waals surface area contributed by atoms with Crippen LogP contribution in [-0.2, 0) is 0 Å². The van der Waals surface area contributed by atoms with Crippen molar-refractivity contribution in [3.63, 3.8) is 0 Å². The molecule has 6 aromatic rings. The van der Waals surface area contributed by atoms with Crippen molar-refractivity contribution in [1.29, 1.82) is 0 Å². The van der Waals surface area contributed by atoms with Gasteiger partial charge in [-0.1, -0.05) is 106 Å². The number of furan rings is 1. The summed E-state index contributed by atoms with van der Waals surface area (Å²) in [4.78, 5) is 7.82. The van der Waals surface area contributed by atoms with E-state index in [2.05, 4.69) is 143 Å². The summed E-state index contributed by atoms with van der Waals surface area (Å²) in [5.74, 6) is 1.58. The molecule has 5 heteroatoms. The Hall–Kier alpha value is -4.51. The van der Waals surface area contributed by atoms with Crippen LogP contribution in [-0.4, -0.2) is 28.3 Å². The Morgan fingerprint density at radius 2 is 1.37 bits per heavy atom. The zero-order valence-corrected chi connectivity index (χ0v) is 26.1. The second-order valence-electron chi connectivity index (χ2n) is 12.6. The molecule has 0 saturated heterocycles. The molecule has 0 unspecified atom stereocenters. The number of hydrogen-bond donors (Lipinski definition) is 0. The molecule has 4 aromatic carbocycles. The van der Waals surface area contributed by atoms with Crippen molar-refractivity contribution >= 4 is 45.9 Å². The van der Waals surface area contributed by atoms with Crippen molar-refractivity contribution in [1.82, 2.24) is 14.4 Å². The molecule has 0 N–H and O–H groups in total. The monoisotopic (exact) mass is 563 g/mol. The second kappa shape index (κ2) is 10.3. The summed E-state index contributed by atoms with van der Waals surface area (Å²) >= 11 is 0. The van der Waals surface area contributed by atoms with Crippen LogP contribution in [0.25, 0.3) is 45.1 Å². The van der Waals surface area contributed by atoms with Gasteiger partial charge in [0, 0.05) is 16.4 Å². The first-order valence-corrected chi connectivity index (χ1v) is 15.4. The van der Waals surface area contributed by atoms with E-state index >= 15 is 0 Å². The number of fused-ring (bicyclic) bond motifs is 4. The number of nitrogens with zero attached hydrogens (tertiary/aromatic N) is 3. The van der Waals surface area contributed by atoms with Crippen LogP contribution < -0.4 is 11.1 Å². The lowest BCUT2D eigenvalue weighted by atomic mass is 9.48. The Kier molecular flexibility index (Phi) is 6.57. The first-order valence-electron chi connectivity index (χ1n) is 15.4. The standard InChI is InChI=1S/C38H38BN3O/c1-23(2)27-16-11-17-28(24(3)4)35(27)42-37-32(21-22-41(7)39(37)34-25(5)13-10-14-26(34)6)40-38(42)31-19-12-18-30-29-15-8-9-20-33(29)43-36(30)31/h8-24H,1-7H3. The number of rotatable bonds is 5. The van der Waals surface area contributed by atoms with E-state index in [-0.39, 0.29) is 6.85 Å². The van der Waals surface area contributed by atoms with Gasteiger partial charge in [0.05, 0.1) is 16.9 Å². The third kappa shape index (κ3) is 4.24. The summed E-state index contributed by atoms with van der Waals surface area (Å²) in [5.41, 5.74) is 12.8. The average Bonchev–Trinajstić information content (AvgIpc) is 3.56. The Labute approximate surface area is 254 Å². The largest absolute Gasteiger partial charge is 0.455 e. The molecule has 0 amide bonds. The van der Waals surface area contributed by atoms with E-state index in [4.69, 9.17) is 9.40 Å². The minimum absolute atomic E-state index is 0.00226. The van der Waals surface area contributed by atoms with Crippen molar-refractivity contribution in [3.8, 4) is 17.1 Å². The topological polar surface area (TPSA) is 34.2 Å². The van der Waals surface area contributed by atoms with Gasteiger partial charge in [-0.05, 0) is 73.7 Å². The van der Waals surface area contributed by atoms with Gasteiger partial charge in [0.1, 0.15) is 17.0 Å². The number of hydrogen-bond acceptors (Lipinski definition) is 3. The first-order chi connectivity index (χ1) is 20.8. The molecule has 0 fully saturated rings. The highest BCUT2D eigenvalue weighted by Crippen LogP contribution is 2.39. The maximum atomic E-state index is 6.61. The van der Waals surface area contributed by atoms with E-state index in [1.807, 2.05) is 6.07 Å². The molecule has 43 heavy (non-hydrogen) atoms. The smallest absolute Gasteiger partial charge is 0.344 e. The van der Waals surface area contributed by atoms with Gasteiger partial charge in [0.25, 0.3) is 0 Å². The summed E-state index contributed by atoms with van der Waals surface area (Å²) in [5, 5.41) is 2.24. The summed E-state index contributed by atoms with van der Waals surface area (Å²) in [6, 6.07) is 28.2. The van der Waals surface area contributed by atoms with Gasteiger partial charge in [-0.2, -0.15) is 0 Å². The molecule has 2 aromatic heterocycles. The molecule has 0 bridgehead atoms. The predicted octanol–water partition coefficient (Wildman–Crippen LogP) is 8.32. The Morgan fingerprint density at radius 1 is 0.744 bits per heavy atom. The van der Waals surface area contributed by atoms with Crippen LogP contribution in [0.1, 0.15) is 67.5 Å². The van der Waals surface area contributed by atoms with Gasteiger partial charge in [0.2, 0.25) is 0 Å². The molecule has 1 aliphatic rings. The molecule has 4 nitrogen and oxygen atoms in total. The van der Waals surface area contributed by atoms with Crippen LogP contribution in [0.2, 0.25) is 0 Å². The van der Waals surface area contributed by atoms with E-state index in [1.165, 1.54) is 39.0 Å². The zero-order chi connectivity index (χ0) is 30.0. The van der Waals surface area contributed by atoms with Crippen molar-refractivity contribution in [3.05, 3.63) is 113 Å². The molecule has 0 atom stereocenters. The van der Waals surface area contributed by atoms with Crippen molar-refractivity contribution in [2.45, 2.75) is 53.4 Å². The Bertz CT molecular complexity index is 2000. The zero-order valence-electron chi connectivity index (χ0n) is 26.1. The molecule has 214 valence electrons. The van der Waals surface area contributed by atoms with Gasteiger partial charge >= 0.3 is 6.85 Å². The van der Waals surface area contributed by atoms with E-state index in [0.717, 1.165) is 39.0 Å². The first kappa shape index (κ1) is 27.3. The van der Waals surface area contributed by atoms with Crippen LogP contribution in [0.15, 0.2) is 89.5 Å². The molecule has 0 aliphatic carbocycles. The number of benzene rings is 4. The average molecular weight is 564 g/mol. The highest BCUT2D eigenvalue weighted by Gasteiger charge is 2.38. The summed E-state index contributed by atoms with van der Waals surface area (Å²) in [6.45, 7) is 13.6. The highest BCUT2D eigenvalue weighted by molar-refractivity contribution is 6.84. The molecular formula is C38H38BN3O. The van der Waals surface area contributed by atoms with E-state index < -0.39 is 0 Å². The maximum absolute atomic E-state index is 6.61. The fourth-order valence-corrected chi connectivity index (χ4v) is 7.00. The molecule has 7 rings (SSSR count). The van der Waals surface area contributed by atoms with Crippen LogP contribution >= 0.6 is 0 Å². The van der Waals surface area contributed by atoms with E-state index in [9.17, 15) is 0 Å². The molecular weight excluding hydrogens is 525 g/mol. The van der Waals surface area contributed by atoms with Crippen LogP contribution in [0.5, 0.6) is 0 Å². The minimum Gasteiger partial charge on any atom is -0.455 e. The summed E-state index contributed by atoms with van der Waals surface area (Å²) in [7, 11) is 2.19. The van der Waals surface area contributed by atoms with Crippen molar-refractivity contribution < 1.29 is 4.42 Å². The Balaban J connectivity index is 1.65. The minimum atomic E-state index is -0.00226. The van der Waals surface area contributed by atoms with Gasteiger partial charge in [0.15, 0.2) is 0 Å². The molecule has 1 aliphatic heterocycles. The van der Waals surface area contributed by atoms with Crippen LogP contribution in [0.3, 0.4) is 0 Å². The van der Waals surface area contributed by atoms with Gasteiger partial charge in [-0.3, -0.25) is 0 Å². The normalized spacial score (nSPS) is 13.2. The van der Waals surface area contributed by atoms with E-state index in [0.29, 0.717) is 11.8 Å². The predicted molar refractivity (Wildman–Crippen MR) is 182 cm³/mol. The van der Waals surface area contributed by atoms with Crippen LogP contribution in [0, 0.1) is 13.8 Å². The quantitative estimate of drug-likeness (QED) is 0.198. The number of aryl methyl sites for hydroxylation is 2. The lowest BCUT2D eigenvalue weighted by molar-refractivity contribution is 0.669. The van der Waals surface area contributed by atoms with Crippen molar-refractivity contribution in [2.75, 3.05) is 7.05 Å². The van der Waals surface area contributed by atoms with E-state index in [1.54, 1.807) is 0 Å². The fourth-order valence-electron chi connectivity index (χ4n) is 7.00. The number of aromatic nitrogens is 2. The Morgan fingerprint density at radius 3 is 2.07 bits per heavy atom. The third-order valence-electron chi connectivity index (χ3n) is 9.10. The molecule has 3 heterocycles. The summed E-state index contributed by atoms with van der Waals surface area (Å²) < 4.78 is 9.09. The lowest BCUT2D eigenvalue weighted by Crippen LogP contribution is -2.59. The molecule has 0 saturated carbocycles. The van der Waals surface area contributed by atoms with Gasteiger partial charge in [-0.15, -0.1) is 0 Å². The lowest BCUT2D eigenvalue weighted by Gasteiger charge is -2.32. The summed E-state index contributed by atoms with van der Waals surface area (Å²) in [6.07, 6.45) is 4.35. The SMILES string of the molecule is Cc1cccc(C)c1B1c2c(nc(-c3cccc4c3oc3ccccc34)n2-c2c(C(C)C)cccc2C(C)C)C=CN1C. The van der Waals surface area contributed by atoms with Crippen LogP contribution in [0.4, 0.5) is 0 Å². The van der Waals surface area contributed by atoms with Gasteiger partial charge < -0.3 is 13.8 Å². The van der Waals surface area contributed by atoms with Gasteiger partial charge in [-0.25, -0.2) is 4.98 Å². The highest BCUT2D eigenvalue weighted by atomic mass is 16.3. The molecule has 0 radical (unpaired) electrons. The fraction of sp³-hybridized carbons (Fsp3) is 0.237. The van der Waals surface area contributed by atoms with Crippen molar-refractivity contribution in [2.24, 2.45) is 0 Å². The second-order valence-corrected chi connectivity index (χ2v) is 12.6. The number of imidazole rings is 1. The third-order valence-corrected chi connectivity index (χ3v) is 9.10. The number of para-hydroxylation sites is 3. The molecule has 0 spiro atoms. The maximum Gasteiger partial charge on any atom is 0.344 e.